The Kier molecular flexibility index (Phi) is 3.84. The SMILES string of the molecule is Cc1cnc(C)c(NCC(C)(C)c2ccccc2)n1. The van der Waals surface area contributed by atoms with Crippen molar-refractivity contribution in [2.75, 3.05) is 11.9 Å². The number of aromatic nitrogens is 2. The van der Waals surface area contributed by atoms with Crippen molar-refractivity contribution in [2.24, 2.45) is 0 Å². The number of aryl methyl sites for hydroxylation is 2. The van der Waals surface area contributed by atoms with E-state index in [-0.39, 0.29) is 5.41 Å². The van der Waals surface area contributed by atoms with Crippen molar-refractivity contribution in [2.45, 2.75) is 33.1 Å². The van der Waals surface area contributed by atoms with Crippen LogP contribution < -0.4 is 5.32 Å². The lowest BCUT2D eigenvalue weighted by Gasteiger charge is -2.26. The predicted octanol–water partition coefficient (Wildman–Crippen LogP) is 3.48. The van der Waals surface area contributed by atoms with Gasteiger partial charge in [0.2, 0.25) is 0 Å². The van der Waals surface area contributed by atoms with Gasteiger partial charge in [-0.1, -0.05) is 44.2 Å². The van der Waals surface area contributed by atoms with E-state index in [0.717, 1.165) is 23.8 Å². The van der Waals surface area contributed by atoms with E-state index >= 15 is 0 Å². The minimum absolute atomic E-state index is 0.0547. The van der Waals surface area contributed by atoms with E-state index in [9.17, 15) is 0 Å². The second-order valence-corrected chi connectivity index (χ2v) is 5.55. The van der Waals surface area contributed by atoms with Crippen LogP contribution in [0, 0.1) is 13.8 Å². The molecule has 0 radical (unpaired) electrons. The van der Waals surface area contributed by atoms with Crippen LogP contribution in [0.2, 0.25) is 0 Å². The summed E-state index contributed by atoms with van der Waals surface area (Å²) in [5.41, 5.74) is 3.25. The van der Waals surface area contributed by atoms with Crippen molar-refractivity contribution in [1.82, 2.24) is 9.97 Å². The van der Waals surface area contributed by atoms with Gasteiger partial charge in [-0.05, 0) is 19.4 Å². The molecular formula is C16H21N3. The molecule has 0 spiro atoms. The number of nitrogens with zero attached hydrogens (tertiary/aromatic N) is 2. The Morgan fingerprint density at radius 2 is 1.79 bits per heavy atom. The van der Waals surface area contributed by atoms with Crippen LogP contribution in [-0.2, 0) is 5.41 Å². The van der Waals surface area contributed by atoms with E-state index in [4.69, 9.17) is 0 Å². The maximum Gasteiger partial charge on any atom is 0.147 e. The van der Waals surface area contributed by atoms with E-state index in [1.807, 2.05) is 19.9 Å². The van der Waals surface area contributed by atoms with E-state index in [0.29, 0.717) is 0 Å². The molecule has 1 heterocycles. The van der Waals surface area contributed by atoms with E-state index < -0.39 is 0 Å². The van der Waals surface area contributed by atoms with Crippen LogP contribution in [0.4, 0.5) is 5.82 Å². The van der Waals surface area contributed by atoms with Crippen molar-refractivity contribution in [3.8, 4) is 0 Å². The van der Waals surface area contributed by atoms with Gasteiger partial charge in [-0.25, -0.2) is 4.98 Å². The predicted molar refractivity (Wildman–Crippen MR) is 79.5 cm³/mol. The van der Waals surface area contributed by atoms with Gasteiger partial charge in [-0.15, -0.1) is 0 Å². The fraction of sp³-hybridized carbons (Fsp3) is 0.375. The summed E-state index contributed by atoms with van der Waals surface area (Å²) in [5.74, 6) is 0.879. The zero-order chi connectivity index (χ0) is 13.9. The van der Waals surface area contributed by atoms with E-state index in [1.54, 1.807) is 6.20 Å². The molecule has 0 saturated carbocycles. The second kappa shape index (κ2) is 5.39. The minimum Gasteiger partial charge on any atom is -0.368 e. The summed E-state index contributed by atoms with van der Waals surface area (Å²) >= 11 is 0. The third-order valence-electron chi connectivity index (χ3n) is 3.33. The van der Waals surface area contributed by atoms with E-state index in [2.05, 4.69) is 53.4 Å². The summed E-state index contributed by atoms with van der Waals surface area (Å²) in [6.07, 6.45) is 1.79. The normalized spacial score (nSPS) is 11.4. The molecule has 3 nitrogen and oxygen atoms in total. The molecule has 2 aromatic rings. The van der Waals surface area contributed by atoms with Gasteiger partial charge in [-0.2, -0.15) is 0 Å². The van der Waals surface area contributed by atoms with Crippen LogP contribution in [0.3, 0.4) is 0 Å². The number of nitrogens with one attached hydrogen (secondary N) is 1. The lowest BCUT2D eigenvalue weighted by atomic mass is 9.84. The van der Waals surface area contributed by atoms with Crippen molar-refractivity contribution in [3.05, 3.63) is 53.5 Å². The number of hydrogen-bond acceptors (Lipinski definition) is 3. The smallest absolute Gasteiger partial charge is 0.147 e. The first-order valence-electron chi connectivity index (χ1n) is 6.59. The molecular weight excluding hydrogens is 234 g/mol. The molecule has 19 heavy (non-hydrogen) atoms. The molecule has 0 saturated heterocycles. The highest BCUT2D eigenvalue weighted by molar-refractivity contribution is 5.41. The van der Waals surface area contributed by atoms with Gasteiger partial charge in [0.25, 0.3) is 0 Å². The molecule has 0 unspecified atom stereocenters. The molecule has 2 rings (SSSR count). The van der Waals surface area contributed by atoms with Crippen LogP contribution in [-0.4, -0.2) is 16.5 Å². The standard InChI is InChI=1S/C16H21N3/c1-12-10-17-13(2)15(19-12)18-11-16(3,4)14-8-6-5-7-9-14/h5-10H,11H2,1-4H3,(H,18,19). The summed E-state index contributed by atoms with van der Waals surface area (Å²) in [6, 6.07) is 10.5. The van der Waals surface area contributed by atoms with E-state index in [1.165, 1.54) is 5.56 Å². The maximum absolute atomic E-state index is 4.50. The quantitative estimate of drug-likeness (QED) is 0.909. The fourth-order valence-electron chi connectivity index (χ4n) is 2.00. The monoisotopic (exact) mass is 255 g/mol. The molecule has 0 aliphatic heterocycles. The van der Waals surface area contributed by atoms with Gasteiger partial charge < -0.3 is 5.32 Å². The van der Waals surface area contributed by atoms with Crippen LogP contribution in [0.1, 0.15) is 30.8 Å². The third kappa shape index (κ3) is 3.31. The molecule has 0 bridgehead atoms. The van der Waals surface area contributed by atoms with Gasteiger partial charge in [0.15, 0.2) is 0 Å². The Morgan fingerprint density at radius 1 is 1.11 bits per heavy atom. The molecule has 0 aliphatic carbocycles. The Hall–Kier alpha value is -1.90. The molecule has 100 valence electrons. The summed E-state index contributed by atoms with van der Waals surface area (Å²) < 4.78 is 0. The van der Waals surface area contributed by atoms with Crippen molar-refractivity contribution >= 4 is 5.82 Å². The van der Waals surface area contributed by atoms with Crippen LogP contribution >= 0.6 is 0 Å². The first-order valence-corrected chi connectivity index (χ1v) is 6.59. The van der Waals surface area contributed by atoms with Crippen LogP contribution in [0.15, 0.2) is 36.5 Å². The lowest BCUT2D eigenvalue weighted by molar-refractivity contribution is 0.555. The van der Waals surface area contributed by atoms with Gasteiger partial charge in [0.1, 0.15) is 5.82 Å². The summed E-state index contributed by atoms with van der Waals surface area (Å²) in [6.45, 7) is 9.22. The van der Waals surface area contributed by atoms with Crippen molar-refractivity contribution in [3.63, 3.8) is 0 Å². The Labute approximate surface area is 115 Å². The number of anilines is 1. The topological polar surface area (TPSA) is 37.8 Å². The molecule has 3 heteroatoms. The highest BCUT2D eigenvalue weighted by atomic mass is 15.0. The van der Waals surface area contributed by atoms with Gasteiger partial charge in [0.05, 0.1) is 11.4 Å². The first-order chi connectivity index (χ1) is 8.99. The molecule has 1 aromatic heterocycles. The summed E-state index contributed by atoms with van der Waals surface area (Å²) in [7, 11) is 0. The number of hydrogen-bond donors (Lipinski definition) is 1. The number of benzene rings is 1. The molecule has 1 N–H and O–H groups in total. The molecule has 1 aromatic carbocycles. The van der Waals surface area contributed by atoms with Crippen molar-refractivity contribution < 1.29 is 0 Å². The Bertz CT molecular complexity index is 547. The highest BCUT2D eigenvalue weighted by Crippen LogP contribution is 2.23. The maximum atomic E-state index is 4.50. The van der Waals surface area contributed by atoms with Gasteiger partial charge in [0, 0.05) is 18.2 Å². The second-order valence-electron chi connectivity index (χ2n) is 5.55. The Morgan fingerprint density at radius 3 is 2.47 bits per heavy atom. The van der Waals surface area contributed by atoms with Crippen molar-refractivity contribution in [1.29, 1.82) is 0 Å². The van der Waals surface area contributed by atoms with Gasteiger partial charge >= 0.3 is 0 Å². The average Bonchev–Trinajstić information content (AvgIpc) is 2.41. The largest absolute Gasteiger partial charge is 0.368 e. The molecule has 0 atom stereocenters. The molecule has 0 amide bonds. The summed E-state index contributed by atoms with van der Waals surface area (Å²) in [5, 5.41) is 3.42. The lowest BCUT2D eigenvalue weighted by Crippen LogP contribution is -2.28. The highest BCUT2D eigenvalue weighted by Gasteiger charge is 2.20. The third-order valence-corrected chi connectivity index (χ3v) is 3.33. The molecule has 0 fully saturated rings. The van der Waals surface area contributed by atoms with Gasteiger partial charge in [-0.3, -0.25) is 4.98 Å². The zero-order valence-electron chi connectivity index (χ0n) is 12.1. The number of rotatable bonds is 4. The fourth-order valence-corrected chi connectivity index (χ4v) is 2.00. The summed E-state index contributed by atoms with van der Waals surface area (Å²) in [4.78, 5) is 8.82. The Balaban J connectivity index is 2.12. The van der Waals surface area contributed by atoms with Crippen LogP contribution in [0.25, 0.3) is 0 Å². The molecule has 0 aliphatic rings. The average molecular weight is 255 g/mol. The minimum atomic E-state index is 0.0547. The first kappa shape index (κ1) is 13.5. The van der Waals surface area contributed by atoms with Crippen LogP contribution in [0.5, 0.6) is 0 Å². The zero-order valence-corrected chi connectivity index (χ0v) is 12.1.